The van der Waals surface area contributed by atoms with Crippen molar-refractivity contribution >= 4 is 22.8 Å². The van der Waals surface area contributed by atoms with Crippen LogP contribution in [0.3, 0.4) is 0 Å². The zero-order valence-corrected chi connectivity index (χ0v) is 13.1. The second kappa shape index (κ2) is 7.04. The van der Waals surface area contributed by atoms with Crippen LogP contribution in [-0.2, 0) is 11.2 Å². The molecule has 0 spiro atoms. The number of nitrogens with two attached hydrogens (primary N) is 1. The van der Waals surface area contributed by atoms with Crippen LogP contribution in [0.2, 0.25) is 0 Å². The Morgan fingerprint density at radius 3 is 2.60 bits per heavy atom. The van der Waals surface area contributed by atoms with Crippen molar-refractivity contribution in [3.8, 4) is 0 Å². The summed E-state index contributed by atoms with van der Waals surface area (Å²) in [5.74, 6) is -1.83. The Hall–Kier alpha value is -3.35. The molecule has 0 unspecified atom stereocenters. The molecule has 2 amide bonds. The number of fused-ring (bicyclic) bond motifs is 1. The third-order valence-electron chi connectivity index (χ3n) is 3.65. The van der Waals surface area contributed by atoms with E-state index in [-0.39, 0.29) is 12.0 Å². The number of amides is 2. The number of carbonyl (C=O) groups is 2. The SMILES string of the molecule is NC(=O)[C@H](Cc1cnc2ccccc2n1)NC(=O)c1cccc(F)c1. The van der Waals surface area contributed by atoms with Crippen molar-refractivity contribution in [1.82, 2.24) is 15.3 Å². The first-order valence-electron chi connectivity index (χ1n) is 7.59. The van der Waals surface area contributed by atoms with Crippen molar-refractivity contribution in [3.05, 3.63) is 71.8 Å². The summed E-state index contributed by atoms with van der Waals surface area (Å²) in [5.41, 5.74) is 7.41. The molecule has 0 aliphatic heterocycles. The predicted octanol–water partition coefficient (Wildman–Crippen LogP) is 1.60. The lowest BCUT2D eigenvalue weighted by molar-refractivity contribution is -0.119. The van der Waals surface area contributed by atoms with Crippen LogP contribution in [0.25, 0.3) is 11.0 Å². The highest BCUT2D eigenvalue weighted by Crippen LogP contribution is 2.10. The van der Waals surface area contributed by atoms with E-state index in [2.05, 4.69) is 15.3 Å². The van der Waals surface area contributed by atoms with Gasteiger partial charge in [0.15, 0.2) is 0 Å². The molecule has 1 atom stereocenters. The number of hydrogen-bond donors (Lipinski definition) is 2. The average molecular weight is 338 g/mol. The Balaban J connectivity index is 1.78. The quantitative estimate of drug-likeness (QED) is 0.738. The number of aromatic nitrogens is 2. The van der Waals surface area contributed by atoms with Crippen molar-refractivity contribution in [1.29, 1.82) is 0 Å². The minimum absolute atomic E-state index is 0.0915. The molecule has 0 saturated heterocycles. The summed E-state index contributed by atoms with van der Waals surface area (Å²) in [4.78, 5) is 32.6. The molecule has 0 aliphatic carbocycles. The van der Waals surface area contributed by atoms with Gasteiger partial charge in [-0.25, -0.2) is 9.37 Å². The highest BCUT2D eigenvalue weighted by molar-refractivity contribution is 5.97. The van der Waals surface area contributed by atoms with Crippen molar-refractivity contribution < 1.29 is 14.0 Å². The maximum Gasteiger partial charge on any atom is 0.252 e. The third kappa shape index (κ3) is 3.95. The second-order valence-electron chi connectivity index (χ2n) is 5.49. The lowest BCUT2D eigenvalue weighted by Crippen LogP contribution is -2.46. The Kier molecular flexibility index (Phi) is 4.65. The molecule has 1 heterocycles. The van der Waals surface area contributed by atoms with Crippen molar-refractivity contribution in [3.63, 3.8) is 0 Å². The first kappa shape index (κ1) is 16.5. The van der Waals surface area contributed by atoms with E-state index in [4.69, 9.17) is 5.73 Å². The number of nitrogens with zero attached hydrogens (tertiary/aromatic N) is 2. The van der Waals surface area contributed by atoms with Crippen molar-refractivity contribution in [2.45, 2.75) is 12.5 Å². The molecule has 126 valence electrons. The van der Waals surface area contributed by atoms with Crippen LogP contribution in [0.4, 0.5) is 4.39 Å². The van der Waals surface area contributed by atoms with Crippen molar-refractivity contribution in [2.75, 3.05) is 0 Å². The summed E-state index contributed by atoms with van der Waals surface area (Å²) < 4.78 is 13.2. The van der Waals surface area contributed by atoms with Gasteiger partial charge in [-0.3, -0.25) is 14.6 Å². The van der Waals surface area contributed by atoms with E-state index in [0.29, 0.717) is 11.2 Å². The number of primary amides is 1. The van der Waals surface area contributed by atoms with Gasteiger partial charge >= 0.3 is 0 Å². The Labute approximate surface area is 142 Å². The number of halogens is 1. The van der Waals surface area contributed by atoms with E-state index in [1.807, 2.05) is 18.2 Å². The summed E-state index contributed by atoms with van der Waals surface area (Å²) in [7, 11) is 0. The van der Waals surface area contributed by atoms with Gasteiger partial charge in [0, 0.05) is 18.2 Å². The van der Waals surface area contributed by atoms with Gasteiger partial charge in [-0.2, -0.15) is 0 Å². The van der Waals surface area contributed by atoms with Crippen LogP contribution in [0, 0.1) is 5.82 Å². The van der Waals surface area contributed by atoms with Crippen LogP contribution >= 0.6 is 0 Å². The minimum Gasteiger partial charge on any atom is -0.368 e. The van der Waals surface area contributed by atoms with Crippen LogP contribution < -0.4 is 11.1 Å². The van der Waals surface area contributed by atoms with Gasteiger partial charge in [0.2, 0.25) is 5.91 Å². The number of hydrogen-bond acceptors (Lipinski definition) is 4. The lowest BCUT2D eigenvalue weighted by atomic mass is 10.1. The van der Waals surface area contributed by atoms with Crippen LogP contribution in [0.5, 0.6) is 0 Å². The number of nitrogens with one attached hydrogen (secondary N) is 1. The molecule has 3 N–H and O–H groups in total. The normalized spacial score (nSPS) is 11.9. The number of carbonyl (C=O) groups excluding carboxylic acids is 2. The minimum atomic E-state index is -0.980. The molecule has 0 fully saturated rings. The lowest BCUT2D eigenvalue weighted by Gasteiger charge is -2.15. The van der Waals surface area contributed by atoms with E-state index in [1.54, 1.807) is 6.07 Å². The van der Waals surface area contributed by atoms with Crippen LogP contribution in [0.1, 0.15) is 16.1 Å². The third-order valence-corrected chi connectivity index (χ3v) is 3.65. The second-order valence-corrected chi connectivity index (χ2v) is 5.49. The van der Waals surface area contributed by atoms with Gasteiger partial charge in [-0.05, 0) is 30.3 Å². The molecule has 0 bridgehead atoms. The molecule has 0 aliphatic rings. The van der Waals surface area contributed by atoms with Gasteiger partial charge in [-0.15, -0.1) is 0 Å². The molecule has 0 saturated carbocycles. The van der Waals surface area contributed by atoms with E-state index in [1.165, 1.54) is 24.4 Å². The summed E-state index contributed by atoms with van der Waals surface area (Å²) in [6, 6.07) is 11.5. The Bertz CT molecular complexity index is 945. The van der Waals surface area contributed by atoms with Gasteiger partial charge < -0.3 is 11.1 Å². The van der Waals surface area contributed by atoms with Gasteiger partial charge in [0.1, 0.15) is 11.9 Å². The fourth-order valence-corrected chi connectivity index (χ4v) is 2.40. The molecular weight excluding hydrogens is 323 g/mol. The molecule has 0 radical (unpaired) electrons. The Morgan fingerprint density at radius 1 is 1.12 bits per heavy atom. The number of rotatable bonds is 5. The van der Waals surface area contributed by atoms with Gasteiger partial charge in [0.25, 0.3) is 5.91 Å². The summed E-state index contributed by atoms with van der Waals surface area (Å²) in [5, 5.41) is 2.51. The molecule has 25 heavy (non-hydrogen) atoms. The molecule has 1 aromatic heterocycles. The van der Waals surface area contributed by atoms with E-state index in [0.717, 1.165) is 11.6 Å². The smallest absolute Gasteiger partial charge is 0.252 e. The Morgan fingerprint density at radius 2 is 1.88 bits per heavy atom. The van der Waals surface area contributed by atoms with E-state index in [9.17, 15) is 14.0 Å². The fourth-order valence-electron chi connectivity index (χ4n) is 2.40. The highest BCUT2D eigenvalue weighted by Gasteiger charge is 2.20. The number of benzene rings is 2. The molecule has 3 aromatic rings. The monoisotopic (exact) mass is 338 g/mol. The number of para-hydroxylation sites is 2. The summed E-state index contributed by atoms with van der Waals surface area (Å²) >= 11 is 0. The largest absolute Gasteiger partial charge is 0.368 e. The van der Waals surface area contributed by atoms with Crippen LogP contribution in [-0.4, -0.2) is 27.8 Å². The van der Waals surface area contributed by atoms with Crippen LogP contribution in [0.15, 0.2) is 54.7 Å². The molecule has 2 aromatic carbocycles. The van der Waals surface area contributed by atoms with Gasteiger partial charge in [0.05, 0.1) is 16.7 Å². The molecule has 7 heteroatoms. The van der Waals surface area contributed by atoms with E-state index >= 15 is 0 Å². The molecule has 6 nitrogen and oxygen atoms in total. The molecule has 3 rings (SSSR count). The van der Waals surface area contributed by atoms with E-state index < -0.39 is 23.7 Å². The summed E-state index contributed by atoms with van der Waals surface area (Å²) in [6.07, 6.45) is 1.63. The fraction of sp³-hybridized carbons (Fsp3) is 0.111. The highest BCUT2D eigenvalue weighted by atomic mass is 19.1. The maximum absolute atomic E-state index is 13.2. The van der Waals surface area contributed by atoms with Gasteiger partial charge in [-0.1, -0.05) is 18.2 Å². The average Bonchev–Trinajstić information content (AvgIpc) is 2.61. The maximum atomic E-state index is 13.2. The zero-order chi connectivity index (χ0) is 17.8. The topological polar surface area (TPSA) is 98.0 Å². The predicted molar refractivity (Wildman–Crippen MR) is 90.1 cm³/mol. The molecular formula is C18H15FN4O2. The summed E-state index contributed by atoms with van der Waals surface area (Å²) in [6.45, 7) is 0. The first-order chi connectivity index (χ1) is 12.0. The van der Waals surface area contributed by atoms with Crippen molar-refractivity contribution in [2.24, 2.45) is 5.73 Å². The standard InChI is InChI=1S/C18H15FN4O2/c19-12-5-3-4-11(8-12)18(25)23-16(17(20)24)9-13-10-21-14-6-1-2-7-15(14)22-13/h1-8,10,16H,9H2,(H2,20,24)(H,23,25)/t16-/m0/s1. The zero-order valence-electron chi connectivity index (χ0n) is 13.1. The first-order valence-corrected chi connectivity index (χ1v) is 7.59.